The summed E-state index contributed by atoms with van der Waals surface area (Å²) in [6, 6.07) is 10.9. The maximum absolute atomic E-state index is 12.5. The van der Waals surface area contributed by atoms with Gasteiger partial charge in [-0.2, -0.15) is 0 Å². The summed E-state index contributed by atoms with van der Waals surface area (Å²) in [5.41, 5.74) is 1.51. The van der Waals surface area contributed by atoms with Crippen LogP contribution in [-0.4, -0.2) is 27.2 Å². The first kappa shape index (κ1) is 18.4. The maximum Gasteiger partial charge on any atom is 0.252 e. The fourth-order valence-electron chi connectivity index (χ4n) is 2.35. The Morgan fingerprint density at radius 1 is 1.04 bits per heavy atom. The number of benzene rings is 2. The minimum atomic E-state index is -0.220. The highest BCUT2D eigenvalue weighted by Gasteiger charge is 2.18. The Kier molecular flexibility index (Phi) is 6.30. The van der Waals surface area contributed by atoms with Crippen molar-refractivity contribution in [3.8, 4) is 17.2 Å². The Morgan fingerprint density at radius 3 is 2.12 bits per heavy atom. The third-order valence-corrected chi connectivity index (χ3v) is 4.59. The van der Waals surface area contributed by atoms with Gasteiger partial charge in [0.15, 0.2) is 11.5 Å². The van der Waals surface area contributed by atoms with Crippen molar-refractivity contribution in [1.82, 2.24) is 5.32 Å². The van der Waals surface area contributed by atoms with E-state index in [1.165, 1.54) is 0 Å². The first-order chi connectivity index (χ1) is 11.5. The summed E-state index contributed by atoms with van der Waals surface area (Å²) < 4.78 is 16.9. The summed E-state index contributed by atoms with van der Waals surface area (Å²) in [5.74, 6) is 1.52. The third-order valence-electron chi connectivity index (χ3n) is 3.65. The molecule has 0 saturated carbocycles. The Hall–Kier alpha value is -1.96. The third kappa shape index (κ3) is 3.92. The van der Waals surface area contributed by atoms with Crippen molar-refractivity contribution in [2.24, 2.45) is 0 Å². The van der Waals surface area contributed by atoms with Gasteiger partial charge in [-0.1, -0.05) is 12.1 Å². The molecule has 0 saturated heterocycles. The molecule has 0 aliphatic heterocycles. The highest BCUT2D eigenvalue weighted by Crippen LogP contribution is 2.39. The number of ether oxygens (including phenoxy) is 3. The number of methoxy groups -OCH3 is 3. The lowest BCUT2D eigenvalue weighted by atomic mass is 10.1. The molecule has 1 atom stereocenters. The number of amides is 1. The number of hydrogen-bond acceptors (Lipinski definition) is 4. The molecule has 6 heteroatoms. The van der Waals surface area contributed by atoms with Crippen molar-refractivity contribution >= 4 is 28.5 Å². The molecule has 2 rings (SSSR count). The topological polar surface area (TPSA) is 56.8 Å². The number of nitrogens with one attached hydrogen (secondary N) is 1. The van der Waals surface area contributed by atoms with Gasteiger partial charge in [0.1, 0.15) is 0 Å². The molecule has 0 bridgehead atoms. The number of halogens is 1. The van der Waals surface area contributed by atoms with Crippen LogP contribution in [0.1, 0.15) is 28.9 Å². The second kappa shape index (κ2) is 8.23. The second-order valence-electron chi connectivity index (χ2n) is 5.13. The van der Waals surface area contributed by atoms with E-state index < -0.39 is 0 Å². The molecule has 0 aliphatic carbocycles. The Balaban J connectivity index is 2.28. The maximum atomic E-state index is 12.5. The number of hydrogen-bond donors (Lipinski definition) is 1. The molecule has 0 radical (unpaired) electrons. The highest BCUT2D eigenvalue weighted by molar-refractivity contribution is 14.1. The zero-order chi connectivity index (χ0) is 17.7. The molecule has 2 aromatic carbocycles. The molecule has 2 aromatic rings. The lowest BCUT2D eigenvalue weighted by Gasteiger charge is -2.19. The molecule has 1 unspecified atom stereocenters. The summed E-state index contributed by atoms with van der Waals surface area (Å²) in [5, 5.41) is 3.00. The van der Waals surface area contributed by atoms with E-state index in [4.69, 9.17) is 14.2 Å². The van der Waals surface area contributed by atoms with E-state index in [9.17, 15) is 4.79 Å². The molecule has 1 amide bonds. The molecule has 0 aliphatic rings. The van der Waals surface area contributed by atoms with Crippen LogP contribution in [0.15, 0.2) is 36.4 Å². The SMILES string of the molecule is COc1cc(C(C)NC(=O)c2ccccc2I)cc(OC)c1OC. The van der Waals surface area contributed by atoms with Gasteiger partial charge in [-0.25, -0.2) is 0 Å². The summed E-state index contributed by atoms with van der Waals surface area (Å²) in [7, 11) is 4.69. The van der Waals surface area contributed by atoms with E-state index in [2.05, 4.69) is 27.9 Å². The second-order valence-corrected chi connectivity index (χ2v) is 6.30. The highest BCUT2D eigenvalue weighted by atomic mass is 127. The van der Waals surface area contributed by atoms with Crippen LogP contribution in [0.3, 0.4) is 0 Å². The molecular formula is C18H20INO4. The fraction of sp³-hybridized carbons (Fsp3) is 0.278. The van der Waals surface area contributed by atoms with Crippen molar-refractivity contribution < 1.29 is 19.0 Å². The van der Waals surface area contributed by atoms with Gasteiger partial charge in [-0.05, 0) is 59.3 Å². The molecule has 1 N–H and O–H groups in total. The predicted molar refractivity (Wildman–Crippen MR) is 101 cm³/mol. The predicted octanol–water partition coefficient (Wildman–Crippen LogP) is 3.81. The molecule has 5 nitrogen and oxygen atoms in total. The van der Waals surface area contributed by atoms with Crippen molar-refractivity contribution in [2.75, 3.05) is 21.3 Å². The normalized spacial score (nSPS) is 11.5. The average molecular weight is 441 g/mol. The molecule has 128 valence electrons. The largest absolute Gasteiger partial charge is 0.493 e. The van der Waals surface area contributed by atoms with Crippen LogP contribution >= 0.6 is 22.6 Å². The van der Waals surface area contributed by atoms with Gasteiger partial charge < -0.3 is 19.5 Å². The summed E-state index contributed by atoms with van der Waals surface area (Å²) >= 11 is 2.15. The quantitative estimate of drug-likeness (QED) is 0.693. The van der Waals surface area contributed by atoms with Gasteiger partial charge in [-0.15, -0.1) is 0 Å². The fourth-order valence-corrected chi connectivity index (χ4v) is 2.99. The first-order valence-corrected chi connectivity index (χ1v) is 8.45. The lowest BCUT2D eigenvalue weighted by Crippen LogP contribution is -2.27. The minimum Gasteiger partial charge on any atom is -0.493 e. The van der Waals surface area contributed by atoms with Gasteiger partial charge in [0.05, 0.1) is 32.9 Å². The molecule has 0 fully saturated rings. The Labute approximate surface area is 155 Å². The van der Waals surface area contributed by atoms with Gasteiger partial charge in [0.2, 0.25) is 5.75 Å². The standard InChI is InChI=1S/C18H20INO4/c1-11(20-18(21)13-7-5-6-8-14(13)19)12-9-15(22-2)17(24-4)16(10-12)23-3/h5-11H,1-4H3,(H,20,21). The van der Waals surface area contributed by atoms with Crippen molar-refractivity contribution in [3.05, 3.63) is 51.1 Å². The van der Waals surface area contributed by atoms with E-state index >= 15 is 0 Å². The van der Waals surface area contributed by atoms with Crippen LogP contribution in [-0.2, 0) is 0 Å². The van der Waals surface area contributed by atoms with Crippen molar-refractivity contribution in [3.63, 3.8) is 0 Å². The molecular weight excluding hydrogens is 421 g/mol. The van der Waals surface area contributed by atoms with Crippen molar-refractivity contribution in [1.29, 1.82) is 0 Å². The van der Waals surface area contributed by atoms with E-state index in [0.29, 0.717) is 22.8 Å². The summed E-state index contributed by atoms with van der Waals surface area (Å²) in [6.45, 7) is 1.91. The zero-order valence-electron chi connectivity index (χ0n) is 14.1. The Morgan fingerprint density at radius 2 is 1.62 bits per heavy atom. The average Bonchev–Trinajstić information content (AvgIpc) is 2.60. The van der Waals surface area contributed by atoms with Crippen LogP contribution in [0.4, 0.5) is 0 Å². The van der Waals surface area contributed by atoms with E-state index in [1.807, 2.05) is 37.3 Å². The molecule has 0 spiro atoms. The van der Waals surface area contributed by atoms with Crippen LogP contribution in [0.5, 0.6) is 17.2 Å². The van der Waals surface area contributed by atoms with Crippen molar-refractivity contribution in [2.45, 2.75) is 13.0 Å². The van der Waals surface area contributed by atoms with Gasteiger partial charge in [-0.3, -0.25) is 4.79 Å². The van der Waals surface area contributed by atoms with Gasteiger partial charge >= 0.3 is 0 Å². The summed E-state index contributed by atoms with van der Waals surface area (Å²) in [4.78, 5) is 12.5. The van der Waals surface area contributed by atoms with Crippen LogP contribution in [0.25, 0.3) is 0 Å². The molecule has 24 heavy (non-hydrogen) atoms. The van der Waals surface area contributed by atoms with Crippen LogP contribution in [0.2, 0.25) is 0 Å². The van der Waals surface area contributed by atoms with Gasteiger partial charge in [0, 0.05) is 3.57 Å². The Bertz CT molecular complexity index is 708. The lowest BCUT2D eigenvalue weighted by molar-refractivity contribution is 0.0939. The minimum absolute atomic E-state index is 0.124. The number of carbonyl (C=O) groups excluding carboxylic acids is 1. The van der Waals surface area contributed by atoms with E-state index in [1.54, 1.807) is 27.4 Å². The smallest absolute Gasteiger partial charge is 0.252 e. The number of carbonyl (C=O) groups is 1. The van der Waals surface area contributed by atoms with E-state index in [-0.39, 0.29) is 11.9 Å². The molecule has 0 heterocycles. The van der Waals surface area contributed by atoms with Crippen LogP contribution < -0.4 is 19.5 Å². The number of rotatable bonds is 6. The first-order valence-electron chi connectivity index (χ1n) is 7.37. The van der Waals surface area contributed by atoms with Gasteiger partial charge in [0.25, 0.3) is 5.91 Å². The van der Waals surface area contributed by atoms with Crippen LogP contribution in [0, 0.1) is 3.57 Å². The van der Waals surface area contributed by atoms with E-state index in [0.717, 1.165) is 9.13 Å². The molecule has 0 aromatic heterocycles. The monoisotopic (exact) mass is 441 g/mol. The zero-order valence-corrected chi connectivity index (χ0v) is 16.2. The summed E-state index contributed by atoms with van der Waals surface area (Å²) in [6.07, 6.45) is 0.